The molecule has 0 unspecified atom stereocenters. The Morgan fingerprint density at radius 3 is 2.35 bits per heavy atom. The van der Waals surface area contributed by atoms with Gasteiger partial charge in [0.05, 0.1) is 5.56 Å². The second-order valence-electron chi connectivity index (χ2n) is 5.27. The lowest BCUT2D eigenvalue weighted by Gasteiger charge is -2.22. The lowest BCUT2D eigenvalue weighted by molar-refractivity contribution is 0.594. The summed E-state index contributed by atoms with van der Waals surface area (Å²) < 4.78 is 14.4. The molecule has 0 aliphatic carbocycles. The normalized spacial score (nSPS) is 10.5. The molecule has 1 aromatic carbocycles. The predicted molar refractivity (Wildman–Crippen MR) is 81.6 cm³/mol. The zero-order chi connectivity index (χ0) is 15.4. The topological polar surface area (TPSA) is 48.2 Å². The van der Waals surface area contributed by atoms with E-state index in [0.717, 1.165) is 5.56 Å². The summed E-state index contributed by atoms with van der Waals surface area (Å²) in [6, 6.07) is 3.51. The SMILES string of the molecule is C=NC(=C)Nc1c(C(C)C)cc(C#N)c(F)c1C(C)C. The molecular formula is C16H20FN3. The van der Waals surface area contributed by atoms with Crippen molar-refractivity contribution in [2.75, 3.05) is 5.32 Å². The highest BCUT2D eigenvalue weighted by atomic mass is 19.1. The smallest absolute Gasteiger partial charge is 0.146 e. The van der Waals surface area contributed by atoms with Crippen LogP contribution in [0.25, 0.3) is 0 Å². The van der Waals surface area contributed by atoms with Crippen molar-refractivity contribution in [2.24, 2.45) is 4.99 Å². The largest absolute Gasteiger partial charge is 0.340 e. The van der Waals surface area contributed by atoms with Crippen LogP contribution in [-0.2, 0) is 0 Å². The number of halogens is 1. The molecule has 1 N–H and O–H groups in total. The maximum absolute atomic E-state index is 14.4. The molecule has 0 bridgehead atoms. The van der Waals surface area contributed by atoms with Crippen LogP contribution in [0.15, 0.2) is 23.5 Å². The number of nitrogens with zero attached hydrogens (tertiary/aromatic N) is 2. The van der Waals surface area contributed by atoms with E-state index in [9.17, 15) is 4.39 Å². The van der Waals surface area contributed by atoms with E-state index in [1.54, 1.807) is 6.07 Å². The van der Waals surface area contributed by atoms with Crippen molar-refractivity contribution in [1.29, 1.82) is 5.26 Å². The minimum Gasteiger partial charge on any atom is -0.340 e. The van der Waals surface area contributed by atoms with Gasteiger partial charge in [-0.05, 0) is 30.2 Å². The Morgan fingerprint density at radius 2 is 1.95 bits per heavy atom. The molecular weight excluding hydrogens is 253 g/mol. The first-order chi connectivity index (χ1) is 9.33. The van der Waals surface area contributed by atoms with Crippen LogP contribution >= 0.6 is 0 Å². The van der Waals surface area contributed by atoms with Gasteiger partial charge in [-0.2, -0.15) is 5.26 Å². The molecule has 0 saturated carbocycles. The van der Waals surface area contributed by atoms with Gasteiger partial charge in [-0.1, -0.05) is 34.3 Å². The summed E-state index contributed by atoms with van der Waals surface area (Å²) in [6.45, 7) is 14.9. The predicted octanol–water partition coefficient (Wildman–Crippen LogP) is 4.53. The molecule has 0 aromatic heterocycles. The highest BCUT2D eigenvalue weighted by molar-refractivity contribution is 5.66. The zero-order valence-corrected chi connectivity index (χ0v) is 12.4. The van der Waals surface area contributed by atoms with E-state index in [1.807, 2.05) is 33.8 Å². The summed E-state index contributed by atoms with van der Waals surface area (Å²) in [7, 11) is 0. The van der Waals surface area contributed by atoms with Crippen LogP contribution in [0.3, 0.4) is 0 Å². The molecule has 20 heavy (non-hydrogen) atoms. The van der Waals surface area contributed by atoms with Gasteiger partial charge in [0.25, 0.3) is 0 Å². The Labute approximate surface area is 119 Å². The van der Waals surface area contributed by atoms with Crippen LogP contribution in [0.1, 0.15) is 56.2 Å². The molecule has 0 aliphatic heterocycles. The second kappa shape index (κ2) is 6.33. The van der Waals surface area contributed by atoms with Gasteiger partial charge in [0.1, 0.15) is 17.7 Å². The van der Waals surface area contributed by atoms with Crippen molar-refractivity contribution in [3.8, 4) is 6.07 Å². The first kappa shape index (κ1) is 15.9. The molecule has 0 fully saturated rings. The molecule has 106 valence electrons. The van der Waals surface area contributed by atoms with Crippen molar-refractivity contribution in [3.05, 3.63) is 41.0 Å². The minimum absolute atomic E-state index is 0.0686. The van der Waals surface area contributed by atoms with E-state index < -0.39 is 5.82 Å². The van der Waals surface area contributed by atoms with E-state index in [2.05, 4.69) is 23.6 Å². The van der Waals surface area contributed by atoms with Crippen LogP contribution in [0, 0.1) is 17.1 Å². The molecule has 0 radical (unpaired) electrons. The average Bonchev–Trinajstić information content (AvgIpc) is 2.37. The Kier molecular flexibility index (Phi) is 5.04. The van der Waals surface area contributed by atoms with Crippen LogP contribution in [0.4, 0.5) is 10.1 Å². The van der Waals surface area contributed by atoms with Crippen LogP contribution in [0.2, 0.25) is 0 Å². The number of benzene rings is 1. The Balaban J connectivity index is 3.66. The molecule has 0 atom stereocenters. The molecule has 1 aromatic rings. The number of hydrogen-bond acceptors (Lipinski definition) is 3. The number of nitriles is 1. The van der Waals surface area contributed by atoms with E-state index >= 15 is 0 Å². The van der Waals surface area contributed by atoms with Crippen LogP contribution in [0.5, 0.6) is 0 Å². The first-order valence-electron chi connectivity index (χ1n) is 6.52. The maximum atomic E-state index is 14.4. The second-order valence-corrected chi connectivity index (χ2v) is 5.27. The molecule has 0 spiro atoms. The fourth-order valence-electron chi connectivity index (χ4n) is 2.10. The van der Waals surface area contributed by atoms with Gasteiger partial charge in [-0.25, -0.2) is 9.38 Å². The number of aliphatic imine (C=N–C) groups is 1. The van der Waals surface area contributed by atoms with Crippen molar-refractivity contribution in [2.45, 2.75) is 39.5 Å². The van der Waals surface area contributed by atoms with Crippen LogP contribution < -0.4 is 5.32 Å². The summed E-state index contributed by atoms with van der Waals surface area (Å²) >= 11 is 0. The molecule has 3 nitrogen and oxygen atoms in total. The lowest BCUT2D eigenvalue weighted by atomic mass is 9.89. The quantitative estimate of drug-likeness (QED) is 0.801. The van der Waals surface area contributed by atoms with Gasteiger partial charge in [-0.3, -0.25) is 0 Å². The number of nitrogens with one attached hydrogen (secondary N) is 1. The molecule has 0 aliphatic rings. The number of anilines is 1. The molecule has 0 saturated heterocycles. The summed E-state index contributed by atoms with van der Waals surface area (Å²) in [5.74, 6) is -0.0506. The van der Waals surface area contributed by atoms with Gasteiger partial charge in [0, 0.05) is 11.3 Å². The fraction of sp³-hybridized carbons (Fsp3) is 0.375. The van der Waals surface area contributed by atoms with Gasteiger partial charge in [0.15, 0.2) is 0 Å². The highest BCUT2D eigenvalue weighted by Crippen LogP contribution is 2.36. The molecule has 1 rings (SSSR count). The van der Waals surface area contributed by atoms with E-state index in [0.29, 0.717) is 17.1 Å². The summed E-state index contributed by atoms with van der Waals surface area (Å²) in [4.78, 5) is 3.71. The van der Waals surface area contributed by atoms with Gasteiger partial charge in [-0.15, -0.1) is 0 Å². The van der Waals surface area contributed by atoms with E-state index in [4.69, 9.17) is 5.26 Å². The van der Waals surface area contributed by atoms with E-state index in [1.165, 1.54) is 0 Å². The van der Waals surface area contributed by atoms with Crippen LogP contribution in [-0.4, -0.2) is 6.72 Å². The van der Waals surface area contributed by atoms with Crippen molar-refractivity contribution in [3.63, 3.8) is 0 Å². The molecule has 0 heterocycles. The van der Waals surface area contributed by atoms with Crippen molar-refractivity contribution < 1.29 is 4.39 Å². The average molecular weight is 273 g/mol. The van der Waals surface area contributed by atoms with Crippen molar-refractivity contribution in [1.82, 2.24) is 0 Å². The summed E-state index contributed by atoms with van der Waals surface area (Å²) in [5, 5.41) is 12.1. The van der Waals surface area contributed by atoms with Gasteiger partial charge in [0.2, 0.25) is 0 Å². The third-order valence-electron chi connectivity index (χ3n) is 3.11. The lowest BCUT2D eigenvalue weighted by Crippen LogP contribution is -2.10. The summed E-state index contributed by atoms with van der Waals surface area (Å²) in [5.41, 5.74) is 2.07. The minimum atomic E-state index is -0.480. The van der Waals surface area contributed by atoms with Gasteiger partial charge >= 0.3 is 0 Å². The third kappa shape index (κ3) is 3.05. The Hall–Kier alpha value is -2.15. The Morgan fingerprint density at radius 1 is 1.35 bits per heavy atom. The molecule has 0 amide bonds. The first-order valence-corrected chi connectivity index (χ1v) is 6.52. The maximum Gasteiger partial charge on any atom is 0.146 e. The van der Waals surface area contributed by atoms with Gasteiger partial charge < -0.3 is 5.32 Å². The third-order valence-corrected chi connectivity index (χ3v) is 3.11. The zero-order valence-electron chi connectivity index (χ0n) is 12.4. The number of hydrogen-bond donors (Lipinski definition) is 1. The van der Waals surface area contributed by atoms with Crippen molar-refractivity contribution >= 4 is 12.4 Å². The summed E-state index contributed by atoms with van der Waals surface area (Å²) in [6.07, 6.45) is 0. The molecule has 4 heteroatoms. The fourth-order valence-corrected chi connectivity index (χ4v) is 2.10. The number of rotatable bonds is 5. The highest BCUT2D eigenvalue weighted by Gasteiger charge is 2.22. The Bertz CT molecular complexity index is 580. The standard InChI is InChI=1S/C16H20FN3/c1-9(2)13-7-12(8-18)15(17)14(10(3)4)16(13)20-11(5)19-6/h7,9-10,20H,5-6H2,1-4H3. The van der Waals surface area contributed by atoms with E-state index in [-0.39, 0.29) is 17.4 Å². The monoisotopic (exact) mass is 273 g/mol.